The summed E-state index contributed by atoms with van der Waals surface area (Å²) in [6.45, 7) is 10.3. The molecule has 0 bridgehead atoms. The molecule has 0 aliphatic carbocycles. The first-order valence-electron chi connectivity index (χ1n) is 6.47. The van der Waals surface area contributed by atoms with Crippen molar-refractivity contribution < 1.29 is 5.11 Å². The molecule has 19 heavy (non-hydrogen) atoms. The fourth-order valence-electron chi connectivity index (χ4n) is 2.43. The molecule has 2 aromatic rings. The molecule has 1 N–H and O–H groups in total. The predicted octanol–water partition coefficient (Wildman–Crippen LogP) is 3.18. The van der Waals surface area contributed by atoms with E-state index >= 15 is 0 Å². The normalized spacial score (nSPS) is 10.8. The highest BCUT2D eigenvalue weighted by Gasteiger charge is 2.13. The van der Waals surface area contributed by atoms with Gasteiger partial charge in [-0.15, -0.1) is 0 Å². The Labute approximate surface area is 114 Å². The van der Waals surface area contributed by atoms with Gasteiger partial charge in [0, 0.05) is 11.3 Å². The molecule has 2 rings (SSSR count). The van der Waals surface area contributed by atoms with E-state index in [0.29, 0.717) is 5.82 Å². The zero-order valence-electron chi connectivity index (χ0n) is 12.2. The molecule has 1 aromatic carbocycles. The van der Waals surface area contributed by atoms with E-state index in [1.807, 2.05) is 13.0 Å². The predicted molar refractivity (Wildman–Crippen MR) is 77.1 cm³/mol. The molecule has 0 saturated heterocycles. The van der Waals surface area contributed by atoms with Crippen molar-refractivity contribution in [3.8, 4) is 11.3 Å². The lowest BCUT2D eigenvalue weighted by Crippen LogP contribution is -2.02. The first-order chi connectivity index (χ1) is 8.93. The van der Waals surface area contributed by atoms with Gasteiger partial charge in [0.25, 0.3) is 0 Å². The number of hydrogen-bond donors (Lipinski definition) is 1. The smallest absolute Gasteiger partial charge is 0.154 e. The summed E-state index contributed by atoms with van der Waals surface area (Å²) in [6.07, 6.45) is 0. The molecular weight excluding hydrogens is 236 g/mol. The first-order valence-corrected chi connectivity index (χ1v) is 6.47. The van der Waals surface area contributed by atoms with E-state index in [2.05, 4.69) is 43.7 Å². The van der Waals surface area contributed by atoms with Crippen molar-refractivity contribution in [3.05, 3.63) is 45.9 Å². The standard InChI is InChI=1S/C16H20N2O/c1-9-6-10(2)13(5)16(12(9)4)14-7-11(3)17-15(8-19)18-14/h6-7,19H,8H2,1-5H3. The lowest BCUT2D eigenvalue weighted by Gasteiger charge is -2.15. The average molecular weight is 256 g/mol. The molecule has 0 amide bonds. The second-order valence-corrected chi connectivity index (χ2v) is 5.10. The van der Waals surface area contributed by atoms with Crippen LogP contribution in [0.25, 0.3) is 11.3 Å². The van der Waals surface area contributed by atoms with Crippen molar-refractivity contribution in [1.29, 1.82) is 0 Å². The quantitative estimate of drug-likeness (QED) is 0.897. The lowest BCUT2D eigenvalue weighted by molar-refractivity contribution is 0.271. The minimum absolute atomic E-state index is 0.127. The third-order valence-corrected chi connectivity index (χ3v) is 3.66. The number of rotatable bonds is 2. The average Bonchev–Trinajstić information content (AvgIpc) is 2.36. The van der Waals surface area contributed by atoms with E-state index in [0.717, 1.165) is 17.0 Å². The maximum Gasteiger partial charge on any atom is 0.154 e. The summed E-state index contributed by atoms with van der Waals surface area (Å²) < 4.78 is 0. The van der Waals surface area contributed by atoms with Gasteiger partial charge in [0.15, 0.2) is 5.82 Å². The number of hydrogen-bond acceptors (Lipinski definition) is 3. The van der Waals surface area contributed by atoms with Gasteiger partial charge in [-0.1, -0.05) is 6.07 Å². The Morgan fingerprint density at radius 3 is 2.00 bits per heavy atom. The summed E-state index contributed by atoms with van der Waals surface area (Å²) in [4.78, 5) is 8.69. The van der Waals surface area contributed by atoms with Crippen LogP contribution in [0, 0.1) is 34.6 Å². The maximum atomic E-state index is 9.26. The van der Waals surface area contributed by atoms with Gasteiger partial charge < -0.3 is 5.11 Å². The molecular formula is C16H20N2O. The van der Waals surface area contributed by atoms with Crippen molar-refractivity contribution in [3.63, 3.8) is 0 Å². The Balaban J connectivity index is 2.75. The van der Waals surface area contributed by atoms with Crippen LogP contribution in [-0.4, -0.2) is 15.1 Å². The summed E-state index contributed by atoms with van der Waals surface area (Å²) in [5.41, 5.74) is 7.96. The zero-order chi connectivity index (χ0) is 14.2. The first kappa shape index (κ1) is 13.7. The molecule has 1 heterocycles. The van der Waals surface area contributed by atoms with E-state index in [1.165, 1.54) is 22.3 Å². The van der Waals surface area contributed by atoms with Gasteiger partial charge in [-0.25, -0.2) is 9.97 Å². The van der Waals surface area contributed by atoms with Crippen molar-refractivity contribution >= 4 is 0 Å². The molecule has 1 aromatic heterocycles. The van der Waals surface area contributed by atoms with Crippen LogP contribution >= 0.6 is 0 Å². The van der Waals surface area contributed by atoms with Gasteiger partial charge in [-0.2, -0.15) is 0 Å². The minimum atomic E-state index is -0.127. The number of nitrogens with zero attached hydrogens (tertiary/aromatic N) is 2. The summed E-state index contributed by atoms with van der Waals surface area (Å²) in [7, 11) is 0. The molecule has 0 aliphatic heterocycles. The summed E-state index contributed by atoms with van der Waals surface area (Å²) in [5, 5.41) is 9.26. The Morgan fingerprint density at radius 2 is 1.47 bits per heavy atom. The van der Waals surface area contributed by atoms with E-state index in [4.69, 9.17) is 0 Å². The van der Waals surface area contributed by atoms with Gasteiger partial charge in [0.1, 0.15) is 6.61 Å². The minimum Gasteiger partial charge on any atom is -0.388 e. The van der Waals surface area contributed by atoms with Crippen LogP contribution in [0.5, 0.6) is 0 Å². The Kier molecular flexibility index (Phi) is 3.67. The second-order valence-electron chi connectivity index (χ2n) is 5.10. The third kappa shape index (κ3) is 2.51. The van der Waals surface area contributed by atoms with Gasteiger partial charge in [0.2, 0.25) is 0 Å². The third-order valence-electron chi connectivity index (χ3n) is 3.66. The van der Waals surface area contributed by atoms with Crippen molar-refractivity contribution in [2.45, 2.75) is 41.2 Å². The monoisotopic (exact) mass is 256 g/mol. The molecule has 0 spiro atoms. The highest BCUT2D eigenvalue weighted by atomic mass is 16.3. The van der Waals surface area contributed by atoms with E-state index in [-0.39, 0.29) is 6.61 Å². The molecule has 3 heteroatoms. The Bertz CT molecular complexity index is 607. The van der Waals surface area contributed by atoms with E-state index < -0.39 is 0 Å². The van der Waals surface area contributed by atoms with Crippen LogP contribution in [0.1, 0.15) is 33.8 Å². The van der Waals surface area contributed by atoms with Crippen LogP contribution in [-0.2, 0) is 6.61 Å². The largest absolute Gasteiger partial charge is 0.388 e. The fourth-order valence-corrected chi connectivity index (χ4v) is 2.43. The topological polar surface area (TPSA) is 46.0 Å². The fraction of sp³-hybridized carbons (Fsp3) is 0.375. The molecule has 0 saturated carbocycles. The van der Waals surface area contributed by atoms with Gasteiger partial charge >= 0.3 is 0 Å². The number of aliphatic hydroxyl groups is 1. The van der Waals surface area contributed by atoms with Crippen LogP contribution in [0.3, 0.4) is 0 Å². The number of aryl methyl sites for hydroxylation is 3. The molecule has 0 radical (unpaired) electrons. The highest BCUT2D eigenvalue weighted by Crippen LogP contribution is 2.30. The van der Waals surface area contributed by atoms with E-state index in [1.54, 1.807) is 0 Å². The summed E-state index contributed by atoms with van der Waals surface area (Å²) in [5.74, 6) is 0.480. The van der Waals surface area contributed by atoms with Crippen molar-refractivity contribution in [2.75, 3.05) is 0 Å². The molecule has 100 valence electrons. The Morgan fingerprint density at radius 1 is 0.895 bits per heavy atom. The number of aliphatic hydroxyl groups excluding tert-OH is 1. The number of aromatic nitrogens is 2. The lowest BCUT2D eigenvalue weighted by atomic mass is 9.92. The highest BCUT2D eigenvalue weighted by molar-refractivity contribution is 5.70. The van der Waals surface area contributed by atoms with Crippen molar-refractivity contribution in [2.24, 2.45) is 0 Å². The second kappa shape index (κ2) is 5.10. The molecule has 3 nitrogen and oxygen atoms in total. The van der Waals surface area contributed by atoms with Gasteiger partial charge in [-0.3, -0.25) is 0 Å². The SMILES string of the molecule is Cc1cc(-c2c(C)c(C)cc(C)c2C)nc(CO)n1. The maximum absolute atomic E-state index is 9.26. The van der Waals surface area contributed by atoms with Crippen LogP contribution in [0.4, 0.5) is 0 Å². The molecule has 0 fully saturated rings. The van der Waals surface area contributed by atoms with Gasteiger partial charge in [0.05, 0.1) is 5.69 Å². The molecule has 0 aliphatic rings. The van der Waals surface area contributed by atoms with Crippen LogP contribution in [0.2, 0.25) is 0 Å². The molecule has 0 unspecified atom stereocenters. The number of benzene rings is 1. The Hall–Kier alpha value is -1.74. The van der Waals surface area contributed by atoms with Crippen LogP contribution in [0.15, 0.2) is 12.1 Å². The zero-order valence-corrected chi connectivity index (χ0v) is 12.2. The summed E-state index contributed by atoms with van der Waals surface area (Å²) in [6, 6.07) is 4.18. The molecule has 0 atom stereocenters. The van der Waals surface area contributed by atoms with Gasteiger partial charge in [-0.05, 0) is 62.9 Å². The van der Waals surface area contributed by atoms with E-state index in [9.17, 15) is 5.11 Å². The van der Waals surface area contributed by atoms with Crippen molar-refractivity contribution in [1.82, 2.24) is 9.97 Å². The van der Waals surface area contributed by atoms with Crippen LogP contribution < -0.4 is 0 Å². The summed E-state index contributed by atoms with van der Waals surface area (Å²) >= 11 is 0.